The summed E-state index contributed by atoms with van der Waals surface area (Å²) in [6.45, 7) is 1.95. The van der Waals surface area contributed by atoms with Crippen LogP contribution in [0.25, 0.3) is 10.9 Å². The van der Waals surface area contributed by atoms with Crippen LogP contribution in [0, 0.1) is 0 Å². The van der Waals surface area contributed by atoms with Crippen molar-refractivity contribution in [3.8, 4) is 0 Å². The van der Waals surface area contributed by atoms with Gasteiger partial charge in [0.15, 0.2) is 0 Å². The van der Waals surface area contributed by atoms with Crippen LogP contribution < -0.4 is 10.2 Å². The normalized spacial score (nSPS) is 16.6. The zero-order valence-electron chi connectivity index (χ0n) is 16.0. The summed E-state index contributed by atoms with van der Waals surface area (Å²) in [6, 6.07) is 14.8. The number of amides is 3. The molecule has 148 valence electrons. The zero-order valence-corrected chi connectivity index (χ0v) is 16.8. The van der Waals surface area contributed by atoms with Crippen molar-refractivity contribution in [2.75, 3.05) is 10.2 Å². The van der Waals surface area contributed by atoms with E-state index < -0.39 is 5.25 Å². The van der Waals surface area contributed by atoms with E-state index in [-0.39, 0.29) is 24.1 Å². The third-order valence-corrected chi connectivity index (χ3v) is 5.95. The van der Waals surface area contributed by atoms with Gasteiger partial charge < -0.3 is 10.3 Å². The molecule has 6 nitrogen and oxygen atoms in total. The molecule has 4 rings (SSSR count). The second kappa shape index (κ2) is 8.13. The maximum Gasteiger partial charge on any atom is 0.247 e. The summed E-state index contributed by atoms with van der Waals surface area (Å²) in [5.74, 6) is -0.454. The molecule has 1 aliphatic heterocycles. The number of nitrogens with zero attached hydrogens (tertiary/aromatic N) is 1. The molecule has 1 aromatic heterocycles. The Labute approximate surface area is 172 Å². The standard InChI is InChI=1S/C22H21N3O3S/c1-2-4-20(26)24-15-5-3-6-17(11-15)29-19-13-21(27)25(22(19)28)16-8-7-14-9-10-23-18(14)12-16/h3,5-12,19,23H,2,4,13H2,1H3,(H,24,26). The highest BCUT2D eigenvalue weighted by Crippen LogP contribution is 2.35. The molecule has 1 saturated heterocycles. The highest BCUT2D eigenvalue weighted by molar-refractivity contribution is 8.00. The van der Waals surface area contributed by atoms with Gasteiger partial charge in [-0.25, -0.2) is 4.90 Å². The van der Waals surface area contributed by atoms with Crippen LogP contribution in [0.4, 0.5) is 11.4 Å². The van der Waals surface area contributed by atoms with Gasteiger partial charge in [0, 0.05) is 35.1 Å². The van der Waals surface area contributed by atoms with Crippen LogP contribution in [0.5, 0.6) is 0 Å². The van der Waals surface area contributed by atoms with E-state index in [1.54, 1.807) is 6.07 Å². The van der Waals surface area contributed by atoms with Gasteiger partial charge in [0.1, 0.15) is 0 Å². The van der Waals surface area contributed by atoms with E-state index in [2.05, 4.69) is 10.3 Å². The van der Waals surface area contributed by atoms with E-state index in [4.69, 9.17) is 0 Å². The fourth-order valence-electron chi connectivity index (χ4n) is 3.40. The van der Waals surface area contributed by atoms with Crippen molar-refractivity contribution in [1.82, 2.24) is 4.98 Å². The van der Waals surface area contributed by atoms with Crippen LogP contribution in [0.2, 0.25) is 0 Å². The number of benzene rings is 2. The molecule has 0 aliphatic carbocycles. The quantitative estimate of drug-likeness (QED) is 0.596. The first-order chi connectivity index (χ1) is 14.0. The summed E-state index contributed by atoms with van der Waals surface area (Å²) in [4.78, 5) is 42.5. The highest BCUT2D eigenvalue weighted by Gasteiger charge is 2.40. The van der Waals surface area contributed by atoms with Crippen LogP contribution >= 0.6 is 11.8 Å². The maximum atomic E-state index is 12.9. The number of nitrogens with one attached hydrogen (secondary N) is 2. The van der Waals surface area contributed by atoms with Crippen LogP contribution in [-0.2, 0) is 14.4 Å². The average Bonchev–Trinajstić information content (AvgIpc) is 3.26. The molecule has 1 aliphatic rings. The number of anilines is 2. The minimum Gasteiger partial charge on any atom is -0.361 e. The Kier molecular flexibility index (Phi) is 5.40. The topological polar surface area (TPSA) is 82.3 Å². The number of rotatable bonds is 6. The lowest BCUT2D eigenvalue weighted by molar-refractivity contribution is -0.121. The number of carbonyl (C=O) groups is 3. The number of fused-ring (bicyclic) bond motifs is 1. The summed E-state index contributed by atoms with van der Waals surface area (Å²) in [5.41, 5.74) is 2.16. The van der Waals surface area contributed by atoms with Crippen molar-refractivity contribution in [2.45, 2.75) is 36.3 Å². The van der Waals surface area contributed by atoms with Crippen molar-refractivity contribution in [3.63, 3.8) is 0 Å². The molecule has 7 heteroatoms. The molecule has 0 spiro atoms. The highest BCUT2D eigenvalue weighted by atomic mass is 32.2. The summed E-state index contributed by atoms with van der Waals surface area (Å²) in [6.07, 6.45) is 3.22. The molecule has 2 N–H and O–H groups in total. The first-order valence-corrected chi connectivity index (χ1v) is 10.4. The van der Waals surface area contributed by atoms with Crippen molar-refractivity contribution in [2.24, 2.45) is 0 Å². The third-order valence-electron chi connectivity index (χ3n) is 4.78. The summed E-state index contributed by atoms with van der Waals surface area (Å²) < 4.78 is 0. The Morgan fingerprint density at radius 2 is 2.07 bits per heavy atom. The van der Waals surface area contributed by atoms with Crippen LogP contribution in [0.15, 0.2) is 59.6 Å². The van der Waals surface area contributed by atoms with E-state index in [0.717, 1.165) is 22.2 Å². The summed E-state index contributed by atoms with van der Waals surface area (Å²) in [7, 11) is 0. The van der Waals surface area contributed by atoms with Crippen LogP contribution in [0.1, 0.15) is 26.2 Å². The third kappa shape index (κ3) is 4.05. The molecule has 1 atom stereocenters. The van der Waals surface area contributed by atoms with Gasteiger partial charge in [0.25, 0.3) is 0 Å². The van der Waals surface area contributed by atoms with E-state index in [9.17, 15) is 14.4 Å². The predicted octanol–water partition coefficient (Wildman–Crippen LogP) is 4.33. The molecule has 3 amide bonds. The van der Waals surface area contributed by atoms with Gasteiger partial charge in [-0.2, -0.15) is 0 Å². The van der Waals surface area contributed by atoms with E-state index >= 15 is 0 Å². The Balaban J connectivity index is 1.50. The first-order valence-electron chi connectivity index (χ1n) is 9.55. The van der Waals surface area contributed by atoms with Gasteiger partial charge in [0.05, 0.1) is 10.9 Å². The number of imide groups is 1. The van der Waals surface area contributed by atoms with E-state index in [0.29, 0.717) is 17.8 Å². The predicted molar refractivity (Wildman–Crippen MR) is 115 cm³/mol. The lowest BCUT2D eigenvalue weighted by atomic mass is 10.2. The summed E-state index contributed by atoms with van der Waals surface area (Å²) in [5, 5.41) is 3.40. The Bertz CT molecular complexity index is 1090. The maximum absolute atomic E-state index is 12.9. The molecular weight excluding hydrogens is 386 g/mol. The van der Waals surface area contributed by atoms with Crippen LogP contribution in [0.3, 0.4) is 0 Å². The van der Waals surface area contributed by atoms with Crippen molar-refractivity contribution >= 4 is 51.8 Å². The SMILES string of the molecule is CCCC(=O)Nc1cccc(SC2CC(=O)N(c3ccc4cc[nH]c4c3)C2=O)c1. The Hall–Kier alpha value is -3.06. The van der Waals surface area contributed by atoms with E-state index in [1.807, 2.05) is 55.6 Å². The molecule has 1 fully saturated rings. The van der Waals surface area contributed by atoms with Crippen molar-refractivity contribution in [1.29, 1.82) is 0 Å². The van der Waals surface area contributed by atoms with Gasteiger partial charge in [0.2, 0.25) is 17.7 Å². The molecule has 2 heterocycles. The lowest BCUT2D eigenvalue weighted by Crippen LogP contribution is -2.31. The Morgan fingerprint density at radius 3 is 2.90 bits per heavy atom. The largest absolute Gasteiger partial charge is 0.361 e. The van der Waals surface area contributed by atoms with Gasteiger partial charge in [-0.1, -0.05) is 19.1 Å². The second-order valence-electron chi connectivity index (χ2n) is 6.95. The molecule has 0 radical (unpaired) electrons. The Morgan fingerprint density at radius 1 is 1.21 bits per heavy atom. The second-order valence-corrected chi connectivity index (χ2v) is 8.23. The first kappa shape index (κ1) is 19.3. The fourth-order valence-corrected chi connectivity index (χ4v) is 4.52. The molecule has 29 heavy (non-hydrogen) atoms. The number of thioether (sulfide) groups is 1. The molecule has 3 aromatic rings. The molecule has 0 bridgehead atoms. The summed E-state index contributed by atoms with van der Waals surface area (Å²) >= 11 is 1.35. The zero-order chi connectivity index (χ0) is 20.4. The van der Waals surface area contributed by atoms with Gasteiger partial charge in [-0.3, -0.25) is 14.4 Å². The molecule has 2 aromatic carbocycles. The number of aromatic amines is 1. The minimum atomic E-state index is -0.483. The van der Waals surface area contributed by atoms with Gasteiger partial charge in [-0.15, -0.1) is 11.8 Å². The fraction of sp³-hybridized carbons (Fsp3) is 0.227. The number of aromatic nitrogens is 1. The average molecular weight is 407 g/mol. The van der Waals surface area contributed by atoms with Crippen molar-refractivity contribution < 1.29 is 14.4 Å². The lowest BCUT2D eigenvalue weighted by Gasteiger charge is -2.15. The molecular formula is C22H21N3O3S. The molecule has 1 unspecified atom stereocenters. The van der Waals surface area contributed by atoms with Gasteiger partial charge in [-0.05, 0) is 48.2 Å². The van der Waals surface area contributed by atoms with Crippen LogP contribution in [-0.4, -0.2) is 28.0 Å². The van der Waals surface area contributed by atoms with Crippen molar-refractivity contribution in [3.05, 3.63) is 54.7 Å². The smallest absolute Gasteiger partial charge is 0.247 e. The monoisotopic (exact) mass is 407 g/mol. The number of hydrogen-bond acceptors (Lipinski definition) is 4. The van der Waals surface area contributed by atoms with Gasteiger partial charge >= 0.3 is 0 Å². The number of hydrogen-bond donors (Lipinski definition) is 2. The number of H-pyrrole nitrogens is 1. The molecule has 0 saturated carbocycles. The minimum absolute atomic E-state index is 0.0346. The number of carbonyl (C=O) groups excluding carboxylic acids is 3. The van der Waals surface area contributed by atoms with E-state index in [1.165, 1.54) is 16.7 Å².